The minimum Gasteiger partial charge on any atom is -0.351 e. The number of anilines is 1. The van der Waals surface area contributed by atoms with E-state index in [1.54, 1.807) is 9.80 Å². The summed E-state index contributed by atoms with van der Waals surface area (Å²) in [6, 6.07) is 18.9. The second-order valence-corrected chi connectivity index (χ2v) is 7.71. The molecule has 0 unspecified atom stereocenters. The molecule has 3 amide bonds. The van der Waals surface area contributed by atoms with E-state index in [-0.39, 0.29) is 17.7 Å². The lowest BCUT2D eigenvalue weighted by Crippen LogP contribution is -2.50. The summed E-state index contributed by atoms with van der Waals surface area (Å²) >= 11 is 0. The molecule has 7 nitrogen and oxygen atoms in total. The summed E-state index contributed by atoms with van der Waals surface area (Å²) in [6.07, 6.45) is 1.14. The molecule has 0 aliphatic carbocycles. The van der Waals surface area contributed by atoms with E-state index in [4.69, 9.17) is 0 Å². The van der Waals surface area contributed by atoms with E-state index in [1.165, 1.54) is 0 Å². The number of para-hydroxylation sites is 2. The summed E-state index contributed by atoms with van der Waals surface area (Å²) in [7, 11) is 0. The maximum absolute atomic E-state index is 12.8. The first kappa shape index (κ1) is 20.7. The number of piperazine rings is 1. The Kier molecular flexibility index (Phi) is 6.31. The molecule has 0 spiro atoms. The molecule has 2 aromatic carbocycles. The Hall–Kier alpha value is -3.61. The molecule has 1 aliphatic heterocycles. The van der Waals surface area contributed by atoms with Crippen molar-refractivity contribution in [2.75, 3.05) is 31.5 Å². The van der Waals surface area contributed by atoms with Crippen LogP contribution in [0.15, 0.2) is 60.7 Å². The zero-order valence-corrected chi connectivity index (χ0v) is 17.3. The average molecular weight is 418 g/mol. The van der Waals surface area contributed by atoms with Crippen molar-refractivity contribution >= 4 is 34.3 Å². The van der Waals surface area contributed by atoms with Gasteiger partial charge in [0.25, 0.3) is 5.91 Å². The van der Waals surface area contributed by atoms with E-state index in [0.717, 1.165) is 16.6 Å². The van der Waals surface area contributed by atoms with Crippen LogP contribution in [-0.4, -0.2) is 58.7 Å². The van der Waals surface area contributed by atoms with Crippen molar-refractivity contribution in [1.82, 2.24) is 14.8 Å². The first-order valence-electron chi connectivity index (χ1n) is 10.6. The van der Waals surface area contributed by atoms with Gasteiger partial charge in [0, 0.05) is 55.6 Å². The first-order valence-corrected chi connectivity index (χ1v) is 10.6. The standard InChI is InChI=1S/C24H26N4O3/c29-22(25-19-8-2-1-3-9-19)11-6-12-23(30)27-13-15-28(16-14-27)24(31)21-17-18-7-4-5-10-20(18)26-21/h1-5,7-10,17,26H,6,11-16H2,(H,25,29). The number of carbonyl (C=O) groups is 3. The van der Waals surface area contributed by atoms with Crippen LogP contribution < -0.4 is 5.32 Å². The number of carbonyl (C=O) groups excluding carboxylic acids is 3. The Morgan fingerprint density at radius 1 is 0.839 bits per heavy atom. The summed E-state index contributed by atoms with van der Waals surface area (Å²) in [5, 5.41) is 3.84. The van der Waals surface area contributed by atoms with Gasteiger partial charge in [-0.1, -0.05) is 36.4 Å². The molecule has 3 aromatic rings. The monoisotopic (exact) mass is 418 g/mol. The van der Waals surface area contributed by atoms with E-state index in [9.17, 15) is 14.4 Å². The van der Waals surface area contributed by atoms with Crippen molar-refractivity contribution in [3.63, 3.8) is 0 Å². The number of aromatic nitrogens is 1. The maximum Gasteiger partial charge on any atom is 0.270 e. The fourth-order valence-corrected chi connectivity index (χ4v) is 3.82. The number of nitrogens with one attached hydrogen (secondary N) is 2. The number of rotatable bonds is 6. The molecule has 1 fully saturated rings. The van der Waals surface area contributed by atoms with Crippen LogP contribution in [0.1, 0.15) is 29.8 Å². The molecule has 4 rings (SSSR count). The molecule has 1 aliphatic rings. The Morgan fingerprint density at radius 3 is 2.26 bits per heavy atom. The third-order valence-electron chi connectivity index (χ3n) is 5.53. The van der Waals surface area contributed by atoms with Crippen LogP contribution >= 0.6 is 0 Å². The molecular weight excluding hydrogens is 392 g/mol. The van der Waals surface area contributed by atoms with E-state index in [0.29, 0.717) is 51.1 Å². The normalized spacial score (nSPS) is 13.9. The first-order chi connectivity index (χ1) is 15.1. The molecule has 2 heterocycles. The fourth-order valence-electron chi connectivity index (χ4n) is 3.82. The van der Waals surface area contributed by atoms with Crippen LogP contribution in [0.5, 0.6) is 0 Å². The summed E-state index contributed by atoms with van der Waals surface area (Å²) < 4.78 is 0. The third kappa shape index (κ3) is 5.12. The van der Waals surface area contributed by atoms with Crippen molar-refractivity contribution in [2.24, 2.45) is 0 Å². The number of aromatic amines is 1. The van der Waals surface area contributed by atoms with Crippen LogP contribution in [-0.2, 0) is 9.59 Å². The number of hydrogen-bond donors (Lipinski definition) is 2. The minimum absolute atomic E-state index is 0.0326. The highest BCUT2D eigenvalue weighted by molar-refractivity contribution is 5.98. The molecule has 7 heteroatoms. The van der Waals surface area contributed by atoms with Gasteiger partial charge in [0.2, 0.25) is 11.8 Å². The maximum atomic E-state index is 12.8. The smallest absolute Gasteiger partial charge is 0.270 e. The van der Waals surface area contributed by atoms with Gasteiger partial charge in [-0.05, 0) is 30.7 Å². The zero-order valence-electron chi connectivity index (χ0n) is 17.3. The Morgan fingerprint density at radius 2 is 1.52 bits per heavy atom. The summed E-state index contributed by atoms with van der Waals surface area (Å²) in [5.41, 5.74) is 2.27. The molecular formula is C24H26N4O3. The van der Waals surface area contributed by atoms with Crippen molar-refractivity contribution < 1.29 is 14.4 Å². The van der Waals surface area contributed by atoms with Crippen LogP contribution in [0.4, 0.5) is 5.69 Å². The number of amides is 3. The quantitative estimate of drug-likeness (QED) is 0.644. The zero-order chi connectivity index (χ0) is 21.6. The highest BCUT2D eigenvalue weighted by Gasteiger charge is 2.25. The lowest BCUT2D eigenvalue weighted by molar-refractivity contribution is -0.132. The topological polar surface area (TPSA) is 85.5 Å². The van der Waals surface area contributed by atoms with Crippen LogP contribution in [0, 0.1) is 0 Å². The number of fused-ring (bicyclic) bond motifs is 1. The molecule has 0 saturated carbocycles. The lowest BCUT2D eigenvalue weighted by atomic mass is 10.2. The van der Waals surface area contributed by atoms with Crippen LogP contribution in [0.3, 0.4) is 0 Å². The van der Waals surface area contributed by atoms with Crippen molar-refractivity contribution in [2.45, 2.75) is 19.3 Å². The molecule has 31 heavy (non-hydrogen) atoms. The van der Waals surface area contributed by atoms with Gasteiger partial charge in [-0.25, -0.2) is 0 Å². The number of benzene rings is 2. The number of nitrogens with zero attached hydrogens (tertiary/aromatic N) is 2. The SMILES string of the molecule is O=C(CCCC(=O)N1CCN(C(=O)c2cc3ccccc3[nH]2)CC1)Nc1ccccc1. The number of hydrogen-bond acceptors (Lipinski definition) is 3. The van der Waals surface area contributed by atoms with Gasteiger partial charge in [0.15, 0.2) is 0 Å². The van der Waals surface area contributed by atoms with Gasteiger partial charge in [0.1, 0.15) is 5.69 Å². The predicted molar refractivity (Wildman–Crippen MR) is 120 cm³/mol. The average Bonchev–Trinajstić information content (AvgIpc) is 3.23. The molecule has 0 radical (unpaired) electrons. The van der Waals surface area contributed by atoms with Crippen LogP contribution in [0.2, 0.25) is 0 Å². The Balaban J connectivity index is 1.20. The van der Waals surface area contributed by atoms with Crippen molar-refractivity contribution in [3.8, 4) is 0 Å². The molecule has 0 atom stereocenters. The van der Waals surface area contributed by atoms with E-state index in [2.05, 4.69) is 10.3 Å². The second-order valence-electron chi connectivity index (χ2n) is 7.71. The minimum atomic E-state index is -0.0900. The van der Waals surface area contributed by atoms with Gasteiger partial charge in [-0.3, -0.25) is 14.4 Å². The molecule has 0 bridgehead atoms. The van der Waals surface area contributed by atoms with E-state index in [1.807, 2.05) is 60.7 Å². The van der Waals surface area contributed by atoms with Crippen molar-refractivity contribution in [3.05, 3.63) is 66.4 Å². The second kappa shape index (κ2) is 9.47. The third-order valence-corrected chi connectivity index (χ3v) is 5.53. The Bertz CT molecular complexity index is 1040. The van der Waals surface area contributed by atoms with Gasteiger partial charge < -0.3 is 20.1 Å². The highest BCUT2D eigenvalue weighted by atomic mass is 16.2. The van der Waals surface area contributed by atoms with E-state index >= 15 is 0 Å². The van der Waals surface area contributed by atoms with Crippen molar-refractivity contribution in [1.29, 1.82) is 0 Å². The predicted octanol–water partition coefficient (Wildman–Crippen LogP) is 3.26. The highest BCUT2D eigenvalue weighted by Crippen LogP contribution is 2.17. The Labute approximate surface area is 181 Å². The largest absolute Gasteiger partial charge is 0.351 e. The number of H-pyrrole nitrogens is 1. The summed E-state index contributed by atoms with van der Waals surface area (Å²) in [4.78, 5) is 44.0. The molecule has 1 saturated heterocycles. The van der Waals surface area contributed by atoms with Gasteiger partial charge in [0.05, 0.1) is 0 Å². The fraction of sp³-hybridized carbons (Fsp3) is 0.292. The summed E-state index contributed by atoms with van der Waals surface area (Å²) in [5.74, 6) is -0.0983. The molecule has 160 valence electrons. The van der Waals surface area contributed by atoms with Crippen LogP contribution in [0.25, 0.3) is 10.9 Å². The molecule has 2 N–H and O–H groups in total. The van der Waals surface area contributed by atoms with E-state index < -0.39 is 0 Å². The van der Waals surface area contributed by atoms with Gasteiger partial charge >= 0.3 is 0 Å². The summed E-state index contributed by atoms with van der Waals surface area (Å²) in [6.45, 7) is 2.05. The van der Waals surface area contributed by atoms with Gasteiger partial charge in [-0.15, -0.1) is 0 Å². The lowest BCUT2D eigenvalue weighted by Gasteiger charge is -2.34. The molecule has 1 aromatic heterocycles. The van der Waals surface area contributed by atoms with Gasteiger partial charge in [-0.2, -0.15) is 0 Å².